The molecule has 2 N–H and O–H groups in total. The van der Waals surface area contributed by atoms with Crippen molar-refractivity contribution in [2.24, 2.45) is 0 Å². The third-order valence-corrected chi connectivity index (χ3v) is 2.95. The van der Waals surface area contributed by atoms with Gasteiger partial charge in [0.25, 0.3) is 5.91 Å². The first-order valence-corrected chi connectivity index (χ1v) is 5.13. The van der Waals surface area contributed by atoms with Crippen LogP contribution in [0.5, 0.6) is 0 Å². The van der Waals surface area contributed by atoms with Crippen LogP contribution in [0.25, 0.3) is 0 Å². The van der Waals surface area contributed by atoms with E-state index < -0.39 is 17.6 Å². The van der Waals surface area contributed by atoms with Crippen LogP contribution in [0.15, 0.2) is 4.79 Å². The van der Waals surface area contributed by atoms with E-state index in [4.69, 9.17) is 12.2 Å². The van der Waals surface area contributed by atoms with Gasteiger partial charge in [-0.15, -0.1) is 0 Å². The highest BCUT2D eigenvalue weighted by Crippen LogP contribution is 2.21. The first-order valence-electron chi connectivity index (χ1n) is 4.72. The van der Waals surface area contributed by atoms with E-state index in [1.165, 1.54) is 11.6 Å². The smallest absolute Gasteiger partial charge is 0.284 e. The number of nitrogens with zero attached hydrogens (tertiary/aromatic N) is 2. The molecule has 2 amide bonds. The lowest BCUT2D eigenvalue weighted by atomic mass is 10.0. The fourth-order valence-electron chi connectivity index (χ4n) is 1.74. The fraction of sp³-hybridized carbons (Fsp3) is 0.500. The van der Waals surface area contributed by atoms with E-state index in [-0.39, 0.29) is 17.1 Å². The Balaban J connectivity index is 2.44. The highest BCUT2D eigenvalue weighted by atomic mass is 32.1. The summed E-state index contributed by atoms with van der Waals surface area (Å²) in [6.07, 6.45) is 0.538. The third-order valence-electron chi connectivity index (χ3n) is 2.65. The summed E-state index contributed by atoms with van der Waals surface area (Å²) < 4.78 is 1.33. The molecular formula is C8H10N4O3S. The Morgan fingerprint density at radius 1 is 1.31 bits per heavy atom. The predicted octanol–water partition coefficient (Wildman–Crippen LogP) is -0.446. The number of rotatable bonds is 1. The summed E-state index contributed by atoms with van der Waals surface area (Å²) in [6, 6.07) is -0.690. The van der Waals surface area contributed by atoms with Gasteiger partial charge in [-0.3, -0.25) is 24.2 Å². The van der Waals surface area contributed by atoms with Gasteiger partial charge in [0.1, 0.15) is 6.04 Å². The standard InChI is InChI=1S/C8H10N4O3S/c1-11-5(13)3-2-4(6(11)14)12-7(15)9-10-8(12)16/h4H,2-3H2,1H3,(H,9,15)(H,10,16). The van der Waals surface area contributed by atoms with Crippen molar-refractivity contribution in [2.75, 3.05) is 7.05 Å². The maximum Gasteiger partial charge on any atom is 0.343 e. The SMILES string of the molecule is CN1C(=O)CCC(n2c(=O)[nH][nH]c2=S)C1=O. The van der Waals surface area contributed by atoms with Crippen LogP contribution in [0, 0.1) is 4.77 Å². The molecule has 2 heterocycles. The summed E-state index contributed by atoms with van der Waals surface area (Å²) in [4.78, 5) is 35.5. The normalized spacial score (nSPS) is 21.6. The Morgan fingerprint density at radius 2 is 2.00 bits per heavy atom. The zero-order chi connectivity index (χ0) is 11.9. The predicted molar refractivity (Wildman–Crippen MR) is 56.3 cm³/mol. The molecule has 1 aliphatic heterocycles. The van der Waals surface area contributed by atoms with Gasteiger partial charge in [0.15, 0.2) is 4.77 Å². The number of amides is 2. The number of aromatic nitrogens is 3. The molecule has 0 bridgehead atoms. The first kappa shape index (κ1) is 10.8. The zero-order valence-electron chi connectivity index (χ0n) is 8.52. The van der Waals surface area contributed by atoms with Gasteiger partial charge >= 0.3 is 5.69 Å². The van der Waals surface area contributed by atoms with Crippen LogP contribution in [0.1, 0.15) is 18.9 Å². The molecule has 1 aromatic rings. The maximum absolute atomic E-state index is 11.8. The number of hydrogen-bond donors (Lipinski definition) is 2. The minimum atomic E-state index is -0.690. The van der Waals surface area contributed by atoms with E-state index in [1.807, 2.05) is 0 Å². The minimum absolute atomic E-state index is 0.158. The topological polar surface area (TPSA) is 91.0 Å². The van der Waals surface area contributed by atoms with Crippen LogP contribution in [-0.4, -0.2) is 38.5 Å². The van der Waals surface area contributed by atoms with Crippen LogP contribution in [0.4, 0.5) is 0 Å². The van der Waals surface area contributed by atoms with Crippen LogP contribution in [0.2, 0.25) is 0 Å². The lowest BCUT2D eigenvalue weighted by molar-refractivity contribution is -0.149. The average molecular weight is 242 g/mol. The number of likely N-dealkylation sites (tertiary alicyclic amines) is 1. The highest BCUT2D eigenvalue weighted by molar-refractivity contribution is 7.71. The number of nitrogens with one attached hydrogen (secondary N) is 2. The Bertz CT molecular complexity index is 527. The van der Waals surface area contributed by atoms with Gasteiger partial charge in [-0.25, -0.2) is 9.89 Å². The number of aromatic amines is 2. The Labute approximate surface area is 95.0 Å². The molecule has 0 aromatic carbocycles. The summed E-state index contributed by atoms with van der Waals surface area (Å²) in [6.45, 7) is 0. The molecule has 0 aliphatic carbocycles. The quantitative estimate of drug-likeness (QED) is 0.515. The van der Waals surface area contributed by atoms with Gasteiger partial charge < -0.3 is 0 Å². The summed E-state index contributed by atoms with van der Waals surface area (Å²) in [7, 11) is 1.40. The number of imide groups is 1. The lowest BCUT2D eigenvalue weighted by Crippen LogP contribution is -2.45. The number of carbonyl (C=O) groups excluding carboxylic acids is 2. The van der Waals surface area contributed by atoms with E-state index in [0.717, 1.165) is 4.90 Å². The minimum Gasteiger partial charge on any atom is -0.284 e. The van der Waals surface area contributed by atoms with Crippen LogP contribution in [-0.2, 0) is 9.59 Å². The molecule has 1 atom stereocenters. The van der Waals surface area contributed by atoms with Gasteiger partial charge in [0, 0.05) is 13.5 Å². The van der Waals surface area contributed by atoms with Crippen molar-refractivity contribution in [3.63, 3.8) is 0 Å². The van der Waals surface area contributed by atoms with Gasteiger partial charge in [-0.1, -0.05) is 0 Å². The van der Waals surface area contributed by atoms with Crippen LogP contribution < -0.4 is 5.69 Å². The molecule has 1 fully saturated rings. The first-order chi connectivity index (χ1) is 7.52. The second-order valence-corrected chi connectivity index (χ2v) is 3.96. The molecular weight excluding hydrogens is 232 g/mol. The molecule has 1 aromatic heterocycles. The Hall–Kier alpha value is -1.70. The lowest BCUT2D eigenvalue weighted by Gasteiger charge is -2.27. The van der Waals surface area contributed by atoms with Gasteiger partial charge in [0.05, 0.1) is 0 Å². The number of hydrogen-bond acceptors (Lipinski definition) is 4. The highest BCUT2D eigenvalue weighted by Gasteiger charge is 2.34. The van der Waals surface area contributed by atoms with Gasteiger partial charge in [-0.2, -0.15) is 0 Å². The van der Waals surface area contributed by atoms with E-state index in [0.29, 0.717) is 6.42 Å². The molecule has 0 saturated carbocycles. The van der Waals surface area contributed by atoms with Gasteiger partial charge in [-0.05, 0) is 18.6 Å². The second kappa shape index (κ2) is 3.71. The number of piperidine rings is 1. The van der Waals surface area contributed by atoms with Crippen molar-refractivity contribution < 1.29 is 9.59 Å². The monoisotopic (exact) mass is 242 g/mol. The number of H-pyrrole nitrogens is 2. The van der Waals surface area contributed by atoms with Crippen molar-refractivity contribution in [3.8, 4) is 0 Å². The molecule has 1 aliphatic rings. The van der Waals surface area contributed by atoms with Crippen molar-refractivity contribution in [3.05, 3.63) is 15.3 Å². The van der Waals surface area contributed by atoms with Crippen molar-refractivity contribution in [2.45, 2.75) is 18.9 Å². The molecule has 86 valence electrons. The van der Waals surface area contributed by atoms with Crippen LogP contribution in [0.3, 0.4) is 0 Å². The molecule has 7 nitrogen and oxygen atoms in total. The third kappa shape index (κ3) is 1.51. The molecule has 0 spiro atoms. The Kier molecular flexibility index (Phi) is 2.50. The van der Waals surface area contributed by atoms with Crippen molar-refractivity contribution in [1.82, 2.24) is 19.7 Å². The largest absolute Gasteiger partial charge is 0.343 e. The molecule has 2 rings (SSSR count). The van der Waals surface area contributed by atoms with E-state index in [1.54, 1.807) is 0 Å². The van der Waals surface area contributed by atoms with E-state index in [9.17, 15) is 14.4 Å². The average Bonchev–Trinajstić information content (AvgIpc) is 2.57. The maximum atomic E-state index is 11.8. The zero-order valence-corrected chi connectivity index (χ0v) is 9.34. The molecule has 1 unspecified atom stereocenters. The second-order valence-electron chi connectivity index (χ2n) is 3.58. The summed E-state index contributed by atoms with van der Waals surface area (Å²) in [5.41, 5.74) is -0.467. The summed E-state index contributed by atoms with van der Waals surface area (Å²) in [5, 5.41) is 4.77. The van der Waals surface area contributed by atoms with E-state index in [2.05, 4.69) is 10.2 Å². The number of carbonyl (C=O) groups is 2. The molecule has 8 heteroatoms. The van der Waals surface area contributed by atoms with Gasteiger partial charge in [0.2, 0.25) is 5.91 Å². The molecule has 16 heavy (non-hydrogen) atoms. The summed E-state index contributed by atoms with van der Waals surface area (Å²) in [5.74, 6) is -0.641. The molecule has 1 saturated heterocycles. The van der Waals surface area contributed by atoms with Crippen LogP contribution >= 0.6 is 12.2 Å². The van der Waals surface area contributed by atoms with Crippen molar-refractivity contribution in [1.29, 1.82) is 0 Å². The number of likely N-dealkylation sites (N-methyl/N-ethyl adjacent to an activating group) is 1. The Morgan fingerprint density at radius 3 is 2.56 bits per heavy atom. The summed E-state index contributed by atoms with van der Waals surface area (Å²) >= 11 is 4.90. The molecule has 0 radical (unpaired) electrons. The fourth-order valence-corrected chi connectivity index (χ4v) is 2.00. The van der Waals surface area contributed by atoms with E-state index >= 15 is 0 Å². The van der Waals surface area contributed by atoms with Crippen molar-refractivity contribution >= 4 is 24.0 Å².